The van der Waals surface area contributed by atoms with Gasteiger partial charge in [0.1, 0.15) is 11.0 Å². The zero-order valence-electron chi connectivity index (χ0n) is 13.5. The van der Waals surface area contributed by atoms with Crippen LogP contribution in [0.2, 0.25) is 0 Å². The standard InChI is InChI=1S/C18H19NO4S/c1-13(24-16-9-4-3-5-10-16)18(21)23-12-17(20)19-14-7-6-8-15(11-14)22-2/h3-11,13H,12H2,1-2H3,(H,19,20)/t13-/m1/s1. The van der Waals surface area contributed by atoms with Crippen LogP contribution >= 0.6 is 11.8 Å². The molecule has 5 nitrogen and oxygen atoms in total. The number of methoxy groups -OCH3 is 1. The van der Waals surface area contributed by atoms with E-state index in [1.54, 1.807) is 38.3 Å². The van der Waals surface area contributed by atoms with Crippen molar-refractivity contribution >= 4 is 29.3 Å². The predicted octanol–water partition coefficient (Wildman–Crippen LogP) is 3.36. The summed E-state index contributed by atoms with van der Waals surface area (Å²) in [5.74, 6) is -0.184. The van der Waals surface area contributed by atoms with Crippen molar-refractivity contribution in [1.82, 2.24) is 0 Å². The molecular weight excluding hydrogens is 326 g/mol. The highest BCUT2D eigenvalue weighted by atomic mass is 32.2. The molecule has 0 saturated heterocycles. The number of ether oxygens (including phenoxy) is 2. The molecule has 1 amide bonds. The lowest BCUT2D eigenvalue weighted by Gasteiger charge is -2.11. The normalized spacial score (nSPS) is 11.4. The molecule has 1 atom stereocenters. The minimum atomic E-state index is -0.426. The minimum Gasteiger partial charge on any atom is -0.497 e. The van der Waals surface area contributed by atoms with E-state index in [9.17, 15) is 9.59 Å². The second-order valence-corrected chi connectivity index (χ2v) is 6.38. The number of carbonyl (C=O) groups excluding carboxylic acids is 2. The third-order valence-corrected chi connectivity index (χ3v) is 4.18. The van der Waals surface area contributed by atoms with Crippen molar-refractivity contribution < 1.29 is 19.1 Å². The Bertz CT molecular complexity index is 690. The van der Waals surface area contributed by atoms with Crippen LogP contribution in [0, 0.1) is 0 Å². The topological polar surface area (TPSA) is 64.6 Å². The smallest absolute Gasteiger partial charge is 0.319 e. The van der Waals surface area contributed by atoms with Gasteiger partial charge in [0, 0.05) is 16.6 Å². The Morgan fingerprint density at radius 2 is 1.88 bits per heavy atom. The first-order valence-corrected chi connectivity index (χ1v) is 8.28. The molecule has 2 rings (SSSR count). The van der Waals surface area contributed by atoms with Gasteiger partial charge in [-0.1, -0.05) is 24.3 Å². The molecule has 2 aromatic carbocycles. The predicted molar refractivity (Wildman–Crippen MR) is 94.3 cm³/mol. The average molecular weight is 345 g/mol. The molecule has 0 aliphatic carbocycles. The van der Waals surface area contributed by atoms with Gasteiger partial charge in [0.25, 0.3) is 5.91 Å². The maximum absolute atomic E-state index is 12.0. The molecule has 0 spiro atoms. The largest absolute Gasteiger partial charge is 0.497 e. The van der Waals surface area contributed by atoms with Crippen molar-refractivity contribution in [2.45, 2.75) is 17.1 Å². The first-order valence-electron chi connectivity index (χ1n) is 7.40. The number of rotatable bonds is 7. The lowest BCUT2D eigenvalue weighted by molar-refractivity contribution is -0.146. The lowest BCUT2D eigenvalue weighted by atomic mass is 10.3. The summed E-state index contributed by atoms with van der Waals surface area (Å²) in [5.41, 5.74) is 0.585. The summed E-state index contributed by atoms with van der Waals surface area (Å²) in [7, 11) is 1.55. The molecule has 0 aliphatic rings. The van der Waals surface area contributed by atoms with E-state index in [4.69, 9.17) is 9.47 Å². The van der Waals surface area contributed by atoms with Gasteiger partial charge in [0.2, 0.25) is 0 Å². The van der Waals surface area contributed by atoms with E-state index in [1.165, 1.54) is 11.8 Å². The maximum Gasteiger partial charge on any atom is 0.319 e. The number of nitrogens with one attached hydrogen (secondary N) is 1. The van der Waals surface area contributed by atoms with Gasteiger partial charge in [0.15, 0.2) is 6.61 Å². The summed E-state index contributed by atoms with van der Waals surface area (Å²) in [6.07, 6.45) is 0. The second-order valence-electron chi connectivity index (χ2n) is 4.96. The van der Waals surface area contributed by atoms with E-state index < -0.39 is 17.1 Å². The van der Waals surface area contributed by atoms with Crippen LogP contribution in [0.25, 0.3) is 0 Å². The van der Waals surface area contributed by atoms with Gasteiger partial charge < -0.3 is 14.8 Å². The number of hydrogen-bond donors (Lipinski definition) is 1. The summed E-state index contributed by atoms with van der Waals surface area (Å²) in [4.78, 5) is 24.8. The van der Waals surface area contributed by atoms with Crippen LogP contribution in [0.5, 0.6) is 5.75 Å². The highest BCUT2D eigenvalue weighted by molar-refractivity contribution is 8.00. The van der Waals surface area contributed by atoms with E-state index in [2.05, 4.69) is 5.32 Å². The van der Waals surface area contributed by atoms with Crippen molar-refractivity contribution in [1.29, 1.82) is 0 Å². The molecule has 2 aromatic rings. The first-order chi connectivity index (χ1) is 11.6. The summed E-state index contributed by atoms with van der Waals surface area (Å²) < 4.78 is 10.1. The van der Waals surface area contributed by atoms with Gasteiger partial charge in [-0.3, -0.25) is 9.59 Å². The molecular formula is C18H19NO4S. The van der Waals surface area contributed by atoms with E-state index >= 15 is 0 Å². The number of benzene rings is 2. The van der Waals surface area contributed by atoms with Crippen LogP contribution in [-0.2, 0) is 14.3 Å². The molecule has 0 radical (unpaired) electrons. The van der Waals surface area contributed by atoms with E-state index in [0.29, 0.717) is 11.4 Å². The van der Waals surface area contributed by atoms with Crippen LogP contribution in [0.3, 0.4) is 0 Å². The molecule has 0 saturated carbocycles. The maximum atomic E-state index is 12.0. The number of amides is 1. The summed E-state index contributed by atoms with van der Waals surface area (Å²) in [5, 5.41) is 2.27. The number of anilines is 1. The highest BCUT2D eigenvalue weighted by Gasteiger charge is 2.17. The van der Waals surface area contributed by atoms with Crippen molar-refractivity contribution in [2.75, 3.05) is 19.0 Å². The van der Waals surface area contributed by atoms with Crippen molar-refractivity contribution in [3.63, 3.8) is 0 Å². The fraction of sp³-hybridized carbons (Fsp3) is 0.222. The molecule has 0 unspecified atom stereocenters. The van der Waals surface area contributed by atoms with E-state index in [0.717, 1.165) is 4.90 Å². The van der Waals surface area contributed by atoms with Crippen LogP contribution in [-0.4, -0.2) is 30.8 Å². The van der Waals surface area contributed by atoms with Crippen molar-refractivity contribution in [2.24, 2.45) is 0 Å². The zero-order valence-corrected chi connectivity index (χ0v) is 14.3. The van der Waals surface area contributed by atoms with Gasteiger partial charge in [-0.2, -0.15) is 0 Å². The molecule has 0 fully saturated rings. The monoisotopic (exact) mass is 345 g/mol. The number of esters is 1. The Hall–Kier alpha value is -2.47. The molecule has 1 N–H and O–H groups in total. The van der Waals surface area contributed by atoms with Crippen LogP contribution < -0.4 is 10.1 Å². The van der Waals surface area contributed by atoms with Gasteiger partial charge in [-0.25, -0.2) is 0 Å². The Morgan fingerprint density at radius 3 is 2.58 bits per heavy atom. The minimum absolute atomic E-state index is 0.324. The molecule has 126 valence electrons. The van der Waals surface area contributed by atoms with Crippen LogP contribution in [0.15, 0.2) is 59.5 Å². The SMILES string of the molecule is COc1cccc(NC(=O)COC(=O)[C@@H](C)Sc2ccccc2)c1. The van der Waals surface area contributed by atoms with Gasteiger partial charge in [-0.05, 0) is 31.2 Å². The van der Waals surface area contributed by atoms with Crippen molar-refractivity contribution in [3.8, 4) is 5.75 Å². The Morgan fingerprint density at radius 1 is 1.12 bits per heavy atom. The van der Waals surface area contributed by atoms with Crippen LogP contribution in [0.1, 0.15) is 6.92 Å². The van der Waals surface area contributed by atoms with Crippen LogP contribution in [0.4, 0.5) is 5.69 Å². The number of carbonyl (C=O) groups is 2. The van der Waals surface area contributed by atoms with E-state index in [-0.39, 0.29) is 6.61 Å². The van der Waals surface area contributed by atoms with Gasteiger partial charge in [-0.15, -0.1) is 11.8 Å². The van der Waals surface area contributed by atoms with Crippen molar-refractivity contribution in [3.05, 3.63) is 54.6 Å². The highest BCUT2D eigenvalue weighted by Crippen LogP contribution is 2.23. The van der Waals surface area contributed by atoms with Gasteiger partial charge >= 0.3 is 5.97 Å². The number of thioether (sulfide) groups is 1. The molecule has 0 aliphatic heterocycles. The Balaban J connectivity index is 1.79. The van der Waals surface area contributed by atoms with Gasteiger partial charge in [0.05, 0.1) is 7.11 Å². The lowest BCUT2D eigenvalue weighted by Crippen LogP contribution is -2.24. The summed E-state index contributed by atoms with van der Waals surface area (Å²) in [6, 6.07) is 16.5. The molecule has 24 heavy (non-hydrogen) atoms. The average Bonchev–Trinajstić information content (AvgIpc) is 2.60. The second kappa shape index (κ2) is 8.98. The first kappa shape index (κ1) is 17.9. The molecule has 0 heterocycles. The Labute approximate surface area is 145 Å². The fourth-order valence-electron chi connectivity index (χ4n) is 1.90. The molecule has 0 aromatic heterocycles. The third-order valence-electron chi connectivity index (χ3n) is 3.09. The van der Waals surface area contributed by atoms with E-state index in [1.807, 2.05) is 30.3 Å². The summed E-state index contributed by atoms with van der Waals surface area (Å²) in [6.45, 7) is 1.43. The summed E-state index contributed by atoms with van der Waals surface area (Å²) >= 11 is 1.39. The fourth-order valence-corrected chi connectivity index (χ4v) is 2.79. The molecule has 0 bridgehead atoms. The Kier molecular flexibility index (Phi) is 6.69. The zero-order chi connectivity index (χ0) is 17.4. The molecule has 6 heteroatoms. The quantitative estimate of drug-likeness (QED) is 0.616. The third kappa shape index (κ3) is 5.62. The number of hydrogen-bond acceptors (Lipinski definition) is 5.